The molecule has 23 heavy (non-hydrogen) atoms. The van der Waals surface area contributed by atoms with Crippen molar-refractivity contribution in [1.82, 2.24) is 4.98 Å². The van der Waals surface area contributed by atoms with Gasteiger partial charge in [0.2, 0.25) is 5.91 Å². The van der Waals surface area contributed by atoms with Crippen molar-refractivity contribution in [3.8, 4) is 0 Å². The maximum absolute atomic E-state index is 12.1. The first-order chi connectivity index (χ1) is 11.0. The molecule has 0 aliphatic heterocycles. The third-order valence-corrected chi connectivity index (χ3v) is 4.14. The Morgan fingerprint density at radius 3 is 2.87 bits per heavy atom. The van der Waals surface area contributed by atoms with E-state index in [1.165, 1.54) is 11.3 Å². The maximum Gasteiger partial charge on any atom is 0.413 e. The lowest BCUT2D eigenvalue weighted by Crippen LogP contribution is -2.16. The predicted molar refractivity (Wildman–Crippen MR) is 91.3 cm³/mol. The molecule has 0 spiro atoms. The molecular formula is C15H16ClN3O3S. The molecule has 2 aromatic rings. The van der Waals surface area contributed by atoms with E-state index >= 15 is 0 Å². The van der Waals surface area contributed by atoms with E-state index in [9.17, 15) is 9.59 Å². The number of hydrogen-bond donors (Lipinski definition) is 2. The summed E-state index contributed by atoms with van der Waals surface area (Å²) in [5.74, 6) is -0.205. The highest BCUT2D eigenvalue weighted by atomic mass is 35.5. The highest BCUT2D eigenvalue weighted by Gasteiger charge is 2.11. The van der Waals surface area contributed by atoms with Crippen LogP contribution in [0.1, 0.15) is 18.2 Å². The van der Waals surface area contributed by atoms with E-state index in [-0.39, 0.29) is 18.9 Å². The fourth-order valence-electron chi connectivity index (χ4n) is 1.80. The fourth-order valence-corrected chi connectivity index (χ4v) is 2.67. The first-order valence-electron chi connectivity index (χ1n) is 6.92. The molecular weight excluding hydrogens is 338 g/mol. The van der Waals surface area contributed by atoms with E-state index in [0.717, 1.165) is 5.56 Å². The molecule has 0 bridgehead atoms. The van der Waals surface area contributed by atoms with Crippen LogP contribution in [0.5, 0.6) is 0 Å². The Labute approximate surface area is 142 Å². The zero-order valence-corrected chi connectivity index (χ0v) is 14.3. The Balaban J connectivity index is 1.94. The van der Waals surface area contributed by atoms with E-state index in [2.05, 4.69) is 15.6 Å². The average Bonchev–Trinajstić information content (AvgIpc) is 2.91. The van der Waals surface area contributed by atoms with Crippen LogP contribution < -0.4 is 10.6 Å². The van der Waals surface area contributed by atoms with E-state index in [4.69, 9.17) is 16.3 Å². The second kappa shape index (κ2) is 7.94. The molecule has 1 aromatic carbocycles. The van der Waals surface area contributed by atoms with Crippen LogP contribution in [0.4, 0.5) is 15.6 Å². The van der Waals surface area contributed by atoms with E-state index < -0.39 is 6.09 Å². The number of ether oxygens (including phenoxy) is 1. The molecule has 122 valence electrons. The normalized spacial score (nSPS) is 10.2. The Morgan fingerprint density at radius 1 is 1.35 bits per heavy atom. The zero-order valence-electron chi connectivity index (χ0n) is 12.7. The minimum atomic E-state index is -0.563. The summed E-state index contributed by atoms with van der Waals surface area (Å²) in [6.45, 7) is 3.84. The van der Waals surface area contributed by atoms with Gasteiger partial charge < -0.3 is 10.1 Å². The largest absolute Gasteiger partial charge is 0.450 e. The quantitative estimate of drug-likeness (QED) is 0.855. The number of halogens is 1. The van der Waals surface area contributed by atoms with Crippen molar-refractivity contribution in [2.45, 2.75) is 20.3 Å². The first kappa shape index (κ1) is 17.2. The summed E-state index contributed by atoms with van der Waals surface area (Å²) in [4.78, 5) is 27.5. The number of aromatic nitrogens is 1. The van der Waals surface area contributed by atoms with Crippen LogP contribution in [-0.4, -0.2) is 23.6 Å². The smallest absolute Gasteiger partial charge is 0.413 e. The monoisotopic (exact) mass is 353 g/mol. The number of amides is 2. The Kier molecular flexibility index (Phi) is 5.95. The molecule has 8 heteroatoms. The van der Waals surface area contributed by atoms with E-state index in [1.807, 2.05) is 6.92 Å². The second-order valence-corrected chi connectivity index (χ2v) is 5.89. The summed E-state index contributed by atoms with van der Waals surface area (Å²) in [6.07, 6.45) is -0.458. The van der Waals surface area contributed by atoms with Gasteiger partial charge in [-0.3, -0.25) is 10.1 Å². The molecule has 0 fully saturated rings. The SMILES string of the molecule is CCOC(=O)Nc1nc(CC(=O)Nc2cccc(Cl)c2C)cs1. The van der Waals surface area contributed by atoms with Crippen LogP contribution in [0.3, 0.4) is 0 Å². The maximum atomic E-state index is 12.1. The van der Waals surface area contributed by atoms with Crippen molar-refractivity contribution in [2.75, 3.05) is 17.2 Å². The number of carbonyl (C=O) groups is 2. The van der Waals surface area contributed by atoms with Gasteiger partial charge in [0.15, 0.2) is 5.13 Å². The third kappa shape index (κ3) is 4.94. The topological polar surface area (TPSA) is 80.3 Å². The van der Waals surface area contributed by atoms with Crippen molar-refractivity contribution < 1.29 is 14.3 Å². The Hall–Kier alpha value is -2.12. The Bertz CT molecular complexity index is 718. The number of nitrogens with one attached hydrogen (secondary N) is 2. The standard InChI is InChI=1S/C15H16ClN3O3S/c1-3-22-15(21)19-14-17-10(8-23-14)7-13(20)18-12-6-4-5-11(16)9(12)2/h4-6,8H,3,7H2,1-2H3,(H,18,20)(H,17,19,21). The number of thiazole rings is 1. The molecule has 0 saturated heterocycles. The van der Waals surface area contributed by atoms with Crippen molar-refractivity contribution in [3.05, 3.63) is 39.9 Å². The first-order valence-corrected chi connectivity index (χ1v) is 8.18. The molecule has 1 heterocycles. The van der Waals surface area contributed by atoms with Gasteiger partial charge in [0.1, 0.15) is 0 Å². The lowest BCUT2D eigenvalue weighted by Gasteiger charge is -2.08. The summed E-state index contributed by atoms with van der Waals surface area (Å²) in [7, 11) is 0. The summed E-state index contributed by atoms with van der Waals surface area (Å²) in [5, 5.41) is 8.00. The molecule has 0 atom stereocenters. The van der Waals surface area contributed by atoms with Crippen LogP contribution in [0, 0.1) is 6.92 Å². The molecule has 0 saturated carbocycles. The van der Waals surface area contributed by atoms with Crippen molar-refractivity contribution in [2.24, 2.45) is 0 Å². The number of hydrogen-bond acceptors (Lipinski definition) is 5. The molecule has 0 aliphatic rings. The average molecular weight is 354 g/mol. The molecule has 1 aromatic heterocycles. The minimum Gasteiger partial charge on any atom is -0.450 e. The van der Waals surface area contributed by atoms with Gasteiger partial charge in [0.05, 0.1) is 18.7 Å². The van der Waals surface area contributed by atoms with Crippen molar-refractivity contribution in [1.29, 1.82) is 0 Å². The Morgan fingerprint density at radius 2 is 2.13 bits per heavy atom. The van der Waals surface area contributed by atoms with Gasteiger partial charge >= 0.3 is 6.09 Å². The fraction of sp³-hybridized carbons (Fsp3) is 0.267. The number of carbonyl (C=O) groups excluding carboxylic acids is 2. The molecule has 0 aliphatic carbocycles. The molecule has 2 N–H and O–H groups in total. The molecule has 2 amide bonds. The molecule has 6 nitrogen and oxygen atoms in total. The number of nitrogens with zero attached hydrogens (tertiary/aromatic N) is 1. The van der Waals surface area contributed by atoms with Gasteiger partial charge in [-0.1, -0.05) is 17.7 Å². The van der Waals surface area contributed by atoms with E-state index in [1.54, 1.807) is 30.5 Å². The van der Waals surface area contributed by atoms with Gasteiger partial charge in [-0.05, 0) is 31.5 Å². The van der Waals surface area contributed by atoms with Gasteiger partial charge in [0.25, 0.3) is 0 Å². The number of benzene rings is 1. The van der Waals surface area contributed by atoms with Crippen LogP contribution in [0.25, 0.3) is 0 Å². The van der Waals surface area contributed by atoms with Crippen molar-refractivity contribution >= 4 is 45.8 Å². The molecule has 0 radical (unpaired) electrons. The summed E-state index contributed by atoms with van der Waals surface area (Å²) < 4.78 is 4.76. The lowest BCUT2D eigenvalue weighted by molar-refractivity contribution is -0.115. The van der Waals surface area contributed by atoms with Gasteiger partial charge in [-0.25, -0.2) is 9.78 Å². The van der Waals surface area contributed by atoms with Gasteiger partial charge in [0, 0.05) is 16.1 Å². The number of rotatable bonds is 5. The second-order valence-electron chi connectivity index (χ2n) is 4.63. The highest BCUT2D eigenvalue weighted by Crippen LogP contribution is 2.23. The highest BCUT2D eigenvalue weighted by molar-refractivity contribution is 7.13. The van der Waals surface area contributed by atoms with Crippen LogP contribution in [-0.2, 0) is 16.0 Å². The number of anilines is 2. The summed E-state index contributed by atoms with van der Waals surface area (Å²) in [5.41, 5.74) is 2.05. The van der Waals surface area contributed by atoms with E-state index in [0.29, 0.717) is 21.5 Å². The predicted octanol–water partition coefficient (Wildman–Crippen LogP) is 3.85. The molecule has 2 rings (SSSR count). The summed E-state index contributed by atoms with van der Waals surface area (Å²) >= 11 is 7.25. The van der Waals surface area contributed by atoms with Gasteiger partial charge in [-0.15, -0.1) is 11.3 Å². The molecule has 0 unspecified atom stereocenters. The van der Waals surface area contributed by atoms with Crippen molar-refractivity contribution in [3.63, 3.8) is 0 Å². The third-order valence-electron chi connectivity index (χ3n) is 2.92. The van der Waals surface area contributed by atoms with Crippen LogP contribution >= 0.6 is 22.9 Å². The lowest BCUT2D eigenvalue weighted by atomic mass is 10.2. The van der Waals surface area contributed by atoms with Crippen LogP contribution in [0.15, 0.2) is 23.6 Å². The van der Waals surface area contributed by atoms with Gasteiger partial charge in [-0.2, -0.15) is 0 Å². The zero-order chi connectivity index (χ0) is 16.8. The minimum absolute atomic E-state index is 0.104. The van der Waals surface area contributed by atoms with Crippen LogP contribution in [0.2, 0.25) is 5.02 Å². The summed E-state index contributed by atoms with van der Waals surface area (Å²) in [6, 6.07) is 5.32.